The van der Waals surface area contributed by atoms with Gasteiger partial charge in [-0.15, -0.1) is 0 Å². The second-order valence-corrected chi connectivity index (χ2v) is 5.41. The molecule has 0 atom stereocenters. The van der Waals surface area contributed by atoms with Crippen molar-refractivity contribution in [3.63, 3.8) is 0 Å². The van der Waals surface area contributed by atoms with E-state index in [0.29, 0.717) is 17.6 Å². The van der Waals surface area contributed by atoms with Gasteiger partial charge in [-0.2, -0.15) is 0 Å². The highest BCUT2D eigenvalue weighted by Crippen LogP contribution is 2.12. The second kappa shape index (κ2) is 6.51. The number of hydrogen-bond donors (Lipinski definition) is 2. The molecule has 2 heterocycles. The van der Waals surface area contributed by atoms with Crippen LogP contribution in [0.3, 0.4) is 0 Å². The summed E-state index contributed by atoms with van der Waals surface area (Å²) in [5.74, 6) is 1.33. The number of nitrogens with two attached hydrogens (primary N) is 1. The standard InChI is InChI=1S/C13H22N6O/c1-10(2)9-18-5-7-19(8-6-18)13-15-4-3-11(16-13)12(14)17-20/h3-4,10,20H,5-9H2,1-2H3,(H2,14,17). The lowest BCUT2D eigenvalue weighted by Crippen LogP contribution is -2.48. The van der Waals surface area contributed by atoms with E-state index in [2.05, 4.69) is 38.8 Å². The van der Waals surface area contributed by atoms with Crippen molar-refractivity contribution in [2.75, 3.05) is 37.6 Å². The minimum atomic E-state index is 0.00657. The van der Waals surface area contributed by atoms with Crippen molar-refractivity contribution in [2.24, 2.45) is 16.8 Å². The Morgan fingerprint density at radius 1 is 1.40 bits per heavy atom. The Morgan fingerprint density at radius 3 is 2.70 bits per heavy atom. The molecule has 7 heteroatoms. The Morgan fingerprint density at radius 2 is 2.10 bits per heavy atom. The van der Waals surface area contributed by atoms with Crippen LogP contribution in [-0.2, 0) is 0 Å². The van der Waals surface area contributed by atoms with Crippen molar-refractivity contribution in [1.82, 2.24) is 14.9 Å². The van der Waals surface area contributed by atoms with E-state index in [1.165, 1.54) is 0 Å². The van der Waals surface area contributed by atoms with Crippen molar-refractivity contribution in [3.05, 3.63) is 18.0 Å². The predicted molar refractivity (Wildman–Crippen MR) is 78.0 cm³/mol. The molecule has 1 aromatic rings. The third-order valence-electron chi connectivity index (χ3n) is 3.29. The van der Waals surface area contributed by atoms with Crippen LogP contribution >= 0.6 is 0 Å². The van der Waals surface area contributed by atoms with Crippen LogP contribution in [0, 0.1) is 5.92 Å². The van der Waals surface area contributed by atoms with Gasteiger partial charge in [-0.1, -0.05) is 19.0 Å². The molecular weight excluding hydrogens is 256 g/mol. The Bertz CT molecular complexity index is 468. The minimum absolute atomic E-state index is 0.00657. The first-order valence-corrected chi connectivity index (χ1v) is 6.88. The first kappa shape index (κ1) is 14.5. The summed E-state index contributed by atoms with van der Waals surface area (Å²) in [6, 6.07) is 1.63. The summed E-state index contributed by atoms with van der Waals surface area (Å²) in [5, 5.41) is 11.7. The molecule has 1 aliphatic rings. The van der Waals surface area contributed by atoms with Crippen LogP contribution in [-0.4, -0.2) is 58.6 Å². The molecule has 1 fully saturated rings. The van der Waals surface area contributed by atoms with Crippen LogP contribution < -0.4 is 10.6 Å². The van der Waals surface area contributed by atoms with Crippen LogP contribution in [0.25, 0.3) is 0 Å². The third kappa shape index (κ3) is 3.57. The van der Waals surface area contributed by atoms with Crippen LogP contribution in [0.15, 0.2) is 17.4 Å². The maximum atomic E-state index is 8.69. The quantitative estimate of drug-likeness (QED) is 0.357. The fourth-order valence-electron chi connectivity index (χ4n) is 2.34. The van der Waals surface area contributed by atoms with Gasteiger partial charge in [-0.05, 0) is 12.0 Å². The van der Waals surface area contributed by atoms with Crippen LogP contribution in [0.5, 0.6) is 0 Å². The maximum Gasteiger partial charge on any atom is 0.226 e. The largest absolute Gasteiger partial charge is 0.409 e. The normalized spacial score (nSPS) is 17.8. The first-order chi connectivity index (χ1) is 9.60. The summed E-state index contributed by atoms with van der Waals surface area (Å²) in [6.07, 6.45) is 1.64. The fourth-order valence-corrected chi connectivity index (χ4v) is 2.34. The molecule has 110 valence electrons. The average molecular weight is 278 g/mol. The Kier molecular flexibility index (Phi) is 4.73. The van der Waals surface area contributed by atoms with E-state index in [1.54, 1.807) is 12.3 Å². The van der Waals surface area contributed by atoms with Crippen LogP contribution in [0.2, 0.25) is 0 Å². The van der Waals surface area contributed by atoms with Crippen molar-refractivity contribution in [3.8, 4) is 0 Å². The summed E-state index contributed by atoms with van der Waals surface area (Å²) in [5.41, 5.74) is 6.00. The molecule has 0 bridgehead atoms. The predicted octanol–water partition coefficient (Wildman–Crippen LogP) is 0.349. The SMILES string of the molecule is CC(C)CN1CCN(c2nccc(/C(N)=N/O)n2)CC1. The summed E-state index contributed by atoms with van der Waals surface area (Å²) >= 11 is 0. The molecule has 0 unspecified atom stereocenters. The van der Waals surface area contributed by atoms with Gasteiger partial charge in [0.2, 0.25) is 5.95 Å². The Hall–Kier alpha value is -1.89. The third-order valence-corrected chi connectivity index (χ3v) is 3.29. The van der Waals surface area contributed by atoms with Crippen molar-refractivity contribution >= 4 is 11.8 Å². The number of amidine groups is 1. The molecule has 7 nitrogen and oxygen atoms in total. The average Bonchev–Trinajstić information content (AvgIpc) is 2.47. The molecule has 0 radical (unpaired) electrons. The van der Waals surface area contributed by atoms with E-state index in [0.717, 1.165) is 32.7 Å². The minimum Gasteiger partial charge on any atom is -0.409 e. The molecule has 0 aromatic carbocycles. The van der Waals surface area contributed by atoms with E-state index >= 15 is 0 Å². The highest BCUT2D eigenvalue weighted by molar-refractivity contribution is 5.95. The second-order valence-electron chi connectivity index (χ2n) is 5.41. The van der Waals surface area contributed by atoms with Crippen molar-refractivity contribution in [2.45, 2.75) is 13.8 Å². The summed E-state index contributed by atoms with van der Waals surface area (Å²) in [7, 11) is 0. The van der Waals surface area contributed by atoms with E-state index in [1.807, 2.05) is 0 Å². The zero-order valence-electron chi connectivity index (χ0n) is 12.0. The number of rotatable bonds is 4. The summed E-state index contributed by atoms with van der Waals surface area (Å²) in [6.45, 7) is 9.40. The molecule has 2 rings (SSSR count). The number of hydrogen-bond acceptors (Lipinski definition) is 6. The highest BCUT2D eigenvalue weighted by atomic mass is 16.4. The molecule has 1 saturated heterocycles. The zero-order chi connectivity index (χ0) is 14.5. The molecule has 20 heavy (non-hydrogen) atoms. The van der Waals surface area contributed by atoms with E-state index in [9.17, 15) is 0 Å². The van der Waals surface area contributed by atoms with Crippen molar-refractivity contribution in [1.29, 1.82) is 0 Å². The van der Waals surface area contributed by atoms with Gasteiger partial charge in [0.25, 0.3) is 0 Å². The van der Waals surface area contributed by atoms with Gasteiger partial charge in [-0.3, -0.25) is 4.90 Å². The van der Waals surface area contributed by atoms with Gasteiger partial charge in [0.1, 0.15) is 5.69 Å². The Labute approximate surface area is 119 Å². The van der Waals surface area contributed by atoms with Crippen LogP contribution in [0.4, 0.5) is 5.95 Å². The first-order valence-electron chi connectivity index (χ1n) is 6.88. The van der Waals surface area contributed by atoms with Crippen molar-refractivity contribution < 1.29 is 5.21 Å². The maximum absolute atomic E-state index is 8.69. The molecule has 0 saturated carbocycles. The van der Waals surface area contributed by atoms with Gasteiger partial charge in [0, 0.05) is 38.9 Å². The van der Waals surface area contributed by atoms with Gasteiger partial charge < -0.3 is 15.8 Å². The number of nitrogens with zero attached hydrogens (tertiary/aromatic N) is 5. The molecule has 1 aliphatic heterocycles. The summed E-state index contributed by atoms with van der Waals surface area (Å²) in [4.78, 5) is 13.2. The van der Waals surface area contributed by atoms with E-state index in [4.69, 9.17) is 10.9 Å². The fraction of sp³-hybridized carbons (Fsp3) is 0.615. The number of piperazine rings is 1. The molecule has 0 aliphatic carbocycles. The number of anilines is 1. The molecule has 0 amide bonds. The van der Waals surface area contributed by atoms with Crippen LogP contribution in [0.1, 0.15) is 19.5 Å². The van der Waals surface area contributed by atoms with Gasteiger partial charge in [0.05, 0.1) is 0 Å². The lowest BCUT2D eigenvalue weighted by Gasteiger charge is -2.35. The number of oxime groups is 1. The van der Waals surface area contributed by atoms with E-state index < -0.39 is 0 Å². The van der Waals surface area contributed by atoms with Gasteiger partial charge in [0.15, 0.2) is 5.84 Å². The topological polar surface area (TPSA) is 90.9 Å². The lowest BCUT2D eigenvalue weighted by atomic mass is 10.2. The zero-order valence-corrected chi connectivity index (χ0v) is 12.0. The lowest BCUT2D eigenvalue weighted by molar-refractivity contribution is 0.230. The molecule has 1 aromatic heterocycles. The molecule has 0 spiro atoms. The van der Waals surface area contributed by atoms with Gasteiger partial charge >= 0.3 is 0 Å². The molecular formula is C13H22N6O. The monoisotopic (exact) mass is 278 g/mol. The summed E-state index contributed by atoms with van der Waals surface area (Å²) < 4.78 is 0. The number of aromatic nitrogens is 2. The molecule has 3 N–H and O–H groups in total. The smallest absolute Gasteiger partial charge is 0.226 e. The van der Waals surface area contributed by atoms with E-state index in [-0.39, 0.29) is 5.84 Å². The highest BCUT2D eigenvalue weighted by Gasteiger charge is 2.19. The Balaban J connectivity index is 2.00. The van der Waals surface area contributed by atoms with Gasteiger partial charge in [-0.25, -0.2) is 9.97 Å².